The highest BCUT2D eigenvalue weighted by Gasteiger charge is 2.34. The largest absolute Gasteiger partial charge is 0.481 e. The number of nitrogens with zero attached hydrogens (tertiary/aromatic N) is 1. The normalized spacial score (nSPS) is 23.1. The summed E-state index contributed by atoms with van der Waals surface area (Å²) < 4.78 is 0. The Balaban J connectivity index is 2.14. The summed E-state index contributed by atoms with van der Waals surface area (Å²) in [5, 5.41) is 9.08. The van der Waals surface area contributed by atoms with Gasteiger partial charge < -0.3 is 15.7 Å². The van der Waals surface area contributed by atoms with E-state index in [0.29, 0.717) is 18.7 Å². The van der Waals surface area contributed by atoms with Crippen molar-refractivity contribution >= 4 is 17.6 Å². The van der Waals surface area contributed by atoms with E-state index in [4.69, 9.17) is 10.8 Å². The van der Waals surface area contributed by atoms with Crippen LogP contribution in [0.2, 0.25) is 0 Å². The van der Waals surface area contributed by atoms with E-state index in [2.05, 4.69) is 0 Å². The van der Waals surface area contributed by atoms with E-state index >= 15 is 0 Å². The second-order valence-electron chi connectivity index (χ2n) is 4.74. The Hall–Kier alpha value is -2.04. The molecule has 0 aromatic heterocycles. The second-order valence-corrected chi connectivity index (χ2v) is 4.74. The lowest BCUT2D eigenvalue weighted by Gasteiger charge is -2.18. The van der Waals surface area contributed by atoms with Crippen LogP contribution in [0.3, 0.4) is 0 Å². The lowest BCUT2D eigenvalue weighted by Crippen LogP contribution is -2.23. The van der Waals surface area contributed by atoms with Crippen molar-refractivity contribution in [3.63, 3.8) is 0 Å². The summed E-state index contributed by atoms with van der Waals surface area (Å²) in [5.74, 6) is -1.42. The number of benzene rings is 1. The molecule has 1 amide bonds. The van der Waals surface area contributed by atoms with Crippen LogP contribution in [0, 0.1) is 11.8 Å². The first-order chi connectivity index (χ1) is 8.49. The highest BCUT2D eigenvalue weighted by molar-refractivity contribution is 5.93. The molecule has 0 radical (unpaired) electrons. The molecular weight excluding hydrogens is 232 g/mol. The Kier molecular flexibility index (Phi) is 3.23. The summed E-state index contributed by atoms with van der Waals surface area (Å²) in [7, 11) is 0. The maximum Gasteiger partial charge on any atom is 0.308 e. The number of nitrogens with two attached hydrogens (primary N) is 1. The minimum absolute atomic E-state index is 0.123. The number of hydrogen-bond donors (Lipinski definition) is 2. The van der Waals surface area contributed by atoms with E-state index in [1.807, 2.05) is 11.8 Å². The van der Waals surface area contributed by atoms with Crippen LogP contribution in [0.1, 0.15) is 17.3 Å². The Morgan fingerprint density at radius 3 is 2.33 bits per heavy atom. The fourth-order valence-corrected chi connectivity index (χ4v) is 2.34. The summed E-state index contributed by atoms with van der Waals surface area (Å²) in [6, 6.07) is 6.93. The fourth-order valence-electron chi connectivity index (χ4n) is 2.34. The molecule has 1 heterocycles. The predicted molar refractivity (Wildman–Crippen MR) is 67.5 cm³/mol. The van der Waals surface area contributed by atoms with Crippen molar-refractivity contribution < 1.29 is 14.7 Å². The minimum Gasteiger partial charge on any atom is -0.481 e. The molecule has 0 aliphatic carbocycles. The van der Waals surface area contributed by atoms with Gasteiger partial charge in [0.2, 0.25) is 5.91 Å². The highest BCUT2D eigenvalue weighted by Crippen LogP contribution is 2.28. The maximum atomic E-state index is 11.0. The number of rotatable bonds is 3. The van der Waals surface area contributed by atoms with Gasteiger partial charge in [0.05, 0.1) is 5.92 Å². The molecule has 3 N–H and O–H groups in total. The van der Waals surface area contributed by atoms with Gasteiger partial charge in [-0.2, -0.15) is 0 Å². The monoisotopic (exact) mass is 248 g/mol. The van der Waals surface area contributed by atoms with Crippen molar-refractivity contribution in [2.75, 3.05) is 18.0 Å². The molecule has 5 heteroatoms. The van der Waals surface area contributed by atoms with Gasteiger partial charge >= 0.3 is 5.97 Å². The number of primary amides is 1. The first kappa shape index (κ1) is 12.4. The quantitative estimate of drug-likeness (QED) is 0.834. The number of aliphatic carboxylic acids is 1. The Morgan fingerprint density at radius 1 is 1.28 bits per heavy atom. The molecule has 1 aliphatic rings. The number of carbonyl (C=O) groups is 2. The first-order valence-corrected chi connectivity index (χ1v) is 5.86. The standard InChI is InChI=1S/C13H16N2O3/c1-8-6-15(7-11(8)13(17)18)10-4-2-9(3-5-10)12(14)16/h2-5,8,11H,6-7H2,1H3,(H2,14,16)(H,17,18)/t8-,11-/m1/s1. The molecule has 0 saturated carbocycles. The first-order valence-electron chi connectivity index (χ1n) is 5.86. The molecule has 1 saturated heterocycles. The van der Waals surface area contributed by atoms with E-state index in [1.54, 1.807) is 24.3 Å². The molecule has 1 aliphatic heterocycles. The van der Waals surface area contributed by atoms with Crippen LogP contribution >= 0.6 is 0 Å². The van der Waals surface area contributed by atoms with Gasteiger partial charge in [0.25, 0.3) is 0 Å². The second kappa shape index (κ2) is 4.68. The van der Waals surface area contributed by atoms with Gasteiger partial charge in [-0.15, -0.1) is 0 Å². The van der Waals surface area contributed by atoms with Crippen LogP contribution in [0.15, 0.2) is 24.3 Å². The van der Waals surface area contributed by atoms with Crippen LogP contribution in [0.5, 0.6) is 0 Å². The molecule has 96 valence electrons. The summed E-state index contributed by atoms with van der Waals surface area (Å²) >= 11 is 0. The van der Waals surface area contributed by atoms with Gasteiger partial charge in [-0.1, -0.05) is 6.92 Å². The Morgan fingerprint density at radius 2 is 1.89 bits per heavy atom. The SMILES string of the molecule is C[C@@H]1CN(c2ccc(C(N)=O)cc2)C[C@H]1C(=O)O. The van der Waals surface area contributed by atoms with Crippen molar-refractivity contribution in [2.45, 2.75) is 6.92 Å². The number of carboxylic acids is 1. The van der Waals surface area contributed by atoms with Gasteiger partial charge in [-0.25, -0.2) is 0 Å². The number of carboxylic acid groups (broad SMARTS) is 1. The van der Waals surface area contributed by atoms with Crippen LogP contribution in [0.25, 0.3) is 0 Å². The van der Waals surface area contributed by atoms with Crippen molar-refractivity contribution in [3.05, 3.63) is 29.8 Å². The third-order valence-corrected chi connectivity index (χ3v) is 3.45. The summed E-state index contributed by atoms with van der Waals surface area (Å²) in [4.78, 5) is 24.0. The highest BCUT2D eigenvalue weighted by atomic mass is 16.4. The summed E-state index contributed by atoms with van der Waals surface area (Å²) in [6.07, 6.45) is 0. The smallest absolute Gasteiger partial charge is 0.308 e. The third kappa shape index (κ3) is 2.30. The molecule has 2 rings (SSSR count). The van der Waals surface area contributed by atoms with Crippen molar-refractivity contribution in [2.24, 2.45) is 17.6 Å². The van der Waals surface area contributed by atoms with E-state index in [1.165, 1.54) is 0 Å². The number of hydrogen-bond acceptors (Lipinski definition) is 3. The molecule has 1 fully saturated rings. The van der Waals surface area contributed by atoms with Gasteiger partial charge in [-0.3, -0.25) is 9.59 Å². The maximum absolute atomic E-state index is 11.0. The number of carbonyl (C=O) groups excluding carboxylic acids is 1. The molecule has 2 atom stereocenters. The van der Waals surface area contributed by atoms with Gasteiger partial charge in [0, 0.05) is 24.3 Å². The van der Waals surface area contributed by atoms with Crippen LogP contribution in [0.4, 0.5) is 5.69 Å². The van der Waals surface area contributed by atoms with Crippen LogP contribution in [-0.2, 0) is 4.79 Å². The minimum atomic E-state index is -0.751. The van der Waals surface area contributed by atoms with Gasteiger partial charge in [0.15, 0.2) is 0 Å². The van der Waals surface area contributed by atoms with Crippen molar-refractivity contribution in [1.29, 1.82) is 0 Å². The van der Waals surface area contributed by atoms with Crippen LogP contribution < -0.4 is 10.6 Å². The number of amides is 1. The lowest BCUT2D eigenvalue weighted by molar-refractivity contribution is -0.142. The third-order valence-electron chi connectivity index (χ3n) is 3.45. The molecular formula is C13H16N2O3. The zero-order valence-corrected chi connectivity index (χ0v) is 10.2. The van der Waals surface area contributed by atoms with Gasteiger partial charge in [0.1, 0.15) is 0 Å². The van der Waals surface area contributed by atoms with E-state index in [0.717, 1.165) is 5.69 Å². The van der Waals surface area contributed by atoms with E-state index in [9.17, 15) is 9.59 Å². The molecule has 1 aromatic rings. The lowest BCUT2D eigenvalue weighted by atomic mass is 9.99. The molecule has 1 aromatic carbocycles. The molecule has 0 bridgehead atoms. The molecule has 0 spiro atoms. The fraction of sp³-hybridized carbons (Fsp3) is 0.385. The number of anilines is 1. The Bertz CT molecular complexity index is 470. The average Bonchev–Trinajstić information content (AvgIpc) is 2.71. The topological polar surface area (TPSA) is 83.6 Å². The predicted octanol–water partition coefficient (Wildman–Crippen LogP) is 0.942. The molecule has 0 unspecified atom stereocenters. The van der Waals surface area contributed by atoms with Crippen molar-refractivity contribution in [1.82, 2.24) is 0 Å². The average molecular weight is 248 g/mol. The van der Waals surface area contributed by atoms with E-state index in [-0.39, 0.29) is 11.8 Å². The zero-order valence-electron chi connectivity index (χ0n) is 10.2. The summed E-state index contributed by atoms with van der Waals surface area (Å²) in [6.45, 7) is 3.16. The summed E-state index contributed by atoms with van der Waals surface area (Å²) in [5.41, 5.74) is 6.56. The molecule has 5 nitrogen and oxygen atoms in total. The van der Waals surface area contributed by atoms with Gasteiger partial charge in [-0.05, 0) is 30.2 Å². The van der Waals surface area contributed by atoms with Crippen LogP contribution in [-0.4, -0.2) is 30.1 Å². The van der Waals surface area contributed by atoms with E-state index < -0.39 is 11.9 Å². The zero-order chi connectivity index (χ0) is 13.3. The molecule has 18 heavy (non-hydrogen) atoms. The Labute approximate surface area is 105 Å². The van der Waals surface area contributed by atoms with Crippen molar-refractivity contribution in [3.8, 4) is 0 Å².